The molecule has 0 saturated heterocycles. The number of nitrogens with zero attached hydrogens (tertiary/aromatic N) is 1. The Morgan fingerprint density at radius 3 is 2.67 bits per heavy atom. The van der Waals surface area contributed by atoms with Gasteiger partial charge in [-0.1, -0.05) is 13.0 Å². The maximum Gasteiger partial charge on any atom is 0.310 e. The molecule has 18 heavy (non-hydrogen) atoms. The fraction of sp³-hybridized carbons (Fsp3) is 0.286. The van der Waals surface area contributed by atoms with Gasteiger partial charge in [-0.25, -0.2) is 0 Å². The predicted octanol–water partition coefficient (Wildman–Crippen LogP) is 2.77. The number of ketones is 1. The van der Waals surface area contributed by atoms with Crippen LogP contribution in [0.1, 0.15) is 36.3 Å². The Morgan fingerprint density at radius 1 is 1.33 bits per heavy atom. The summed E-state index contributed by atoms with van der Waals surface area (Å²) in [4.78, 5) is 23.2. The highest BCUT2D eigenvalue weighted by molar-refractivity contribution is 6.02. The van der Waals surface area contributed by atoms with Crippen LogP contribution in [0.3, 0.4) is 0 Å². The van der Waals surface area contributed by atoms with Crippen LogP contribution in [-0.4, -0.2) is 16.2 Å². The summed E-state index contributed by atoms with van der Waals surface area (Å²) in [6, 6.07) is 5.55. The van der Waals surface area contributed by atoms with Crippen molar-refractivity contribution in [2.24, 2.45) is 0 Å². The molecule has 2 aromatic heterocycles. The van der Waals surface area contributed by atoms with E-state index in [0.29, 0.717) is 11.3 Å². The van der Waals surface area contributed by atoms with E-state index in [1.54, 1.807) is 6.92 Å². The molecule has 0 aromatic carbocycles. The van der Waals surface area contributed by atoms with Gasteiger partial charge in [0.25, 0.3) is 0 Å². The molecule has 4 heteroatoms. The van der Waals surface area contributed by atoms with E-state index in [1.165, 1.54) is 6.92 Å². The van der Waals surface area contributed by atoms with Crippen LogP contribution in [-0.2, 0) is 4.79 Å². The topological polar surface area (TPSA) is 47.8 Å². The Hall–Kier alpha value is -2.10. The quantitative estimate of drug-likeness (QED) is 0.617. The van der Waals surface area contributed by atoms with E-state index in [-0.39, 0.29) is 18.2 Å². The van der Waals surface area contributed by atoms with Gasteiger partial charge < -0.3 is 9.14 Å². The monoisotopic (exact) mass is 245 g/mol. The van der Waals surface area contributed by atoms with Crippen LogP contribution in [0.4, 0.5) is 0 Å². The molecule has 0 amide bonds. The zero-order chi connectivity index (χ0) is 13.3. The Morgan fingerprint density at radius 2 is 2.06 bits per heavy atom. The summed E-state index contributed by atoms with van der Waals surface area (Å²) >= 11 is 0. The van der Waals surface area contributed by atoms with Crippen molar-refractivity contribution in [3.63, 3.8) is 0 Å². The van der Waals surface area contributed by atoms with E-state index in [1.807, 2.05) is 35.7 Å². The van der Waals surface area contributed by atoms with Crippen molar-refractivity contribution in [2.45, 2.75) is 27.2 Å². The van der Waals surface area contributed by atoms with E-state index < -0.39 is 0 Å². The average molecular weight is 245 g/mol. The molecule has 0 saturated carbocycles. The third kappa shape index (κ3) is 1.90. The van der Waals surface area contributed by atoms with Gasteiger partial charge in [-0.3, -0.25) is 9.59 Å². The number of rotatable bonds is 3. The minimum Gasteiger partial charge on any atom is -0.423 e. The Labute approximate surface area is 105 Å². The van der Waals surface area contributed by atoms with Gasteiger partial charge in [0, 0.05) is 18.3 Å². The molecule has 0 spiro atoms. The van der Waals surface area contributed by atoms with Gasteiger partial charge in [0.15, 0.2) is 11.5 Å². The third-order valence-corrected chi connectivity index (χ3v) is 2.90. The van der Waals surface area contributed by atoms with Gasteiger partial charge in [-0.2, -0.15) is 0 Å². The van der Waals surface area contributed by atoms with Crippen molar-refractivity contribution in [1.29, 1.82) is 0 Å². The first-order valence-corrected chi connectivity index (χ1v) is 5.87. The first-order chi connectivity index (χ1) is 8.56. The lowest BCUT2D eigenvalue weighted by Gasteiger charge is -2.03. The fourth-order valence-electron chi connectivity index (χ4n) is 2.04. The molecule has 0 unspecified atom stereocenters. The molecule has 0 aliphatic rings. The highest BCUT2D eigenvalue weighted by Gasteiger charge is 2.21. The van der Waals surface area contributed by atoms with Crippen LogP contribution in [0.5, 0.6) is 5.75 Å². The van der Waals surface area contributed by atoms with Crippen LogP contribution in [0.15, 0.2) is 24.4 Å². The largest absolute Gasteiger partial charge is 0.423 e. The van der Waals surface area contributed by atoms with Gasteiger partial charge in [-0.05, 0) is 26.0 Å². The maximum absolute atomic E-state index is 11.7. The van der Waals surface area contributed by atoms with Crippen molar-refractivity contribution < 1.29 is 14.3 Å². The fourth-order valence-corrected chi connectivity index (χ4v) is 2.04. The number of aryl methyl sites for hydroxylation is 1. The van der Waals surface area contributed by atoms with Gasteiger partial charge >= 0.3 is 5.97 Å². The Kier molecular flexibility index (Phi) is 3.19. The molecule has 0 aliphatic heterocycles. The number of pyridine rings is 1. The van der Waals surface area contributed by atoms with Crippen molar-refractivity contribution in [3.05, 3.63) is 35.7 Å². The SMILES string of the molecule is CCC(=O)Oc1c(C(C)=O)c(C)n2ccccc12. The predicted molar refractivity (Wildman–Crippen MR) is 68.1 cm³/mol. The zero-order valence-electron chi connectivity index (χ0n) is 10.7. The number of aromatic nitrogens is 1. The van der Waals surface area contributed by atoms with E-state index in [9.17, 15) is 9.59 Å². The smallest absolute Gasteiger partial charge is 0.310 e. The van der Waals surface area contributed by atoms with E-state index >= 15 is 0 Å². The Bertz CT molecular complexity index is 625. The molecular formula is C14H15NO3. The van der Waals surface area contributed by atoms with Gasteiger partial charge in [0.1, 0.15) is 0 Å². The summed E-state index contributed by atoms with van der Waals surface area (Å²) in [5.74, 6) is -0.0728. The summed E-state index contributed by atoms with van der Waals surface area (Å²) in [6.07, 6.45) is 2.13. The first kappa shape index (κ1) is 12.4. The lowest BCUT2D eigenvalue weighted by molar-refractivity contribution is -0.133. The van der Waals surface area contributed by atoms with Gasteiger partial charge in [0.2, 0.25) is 0 Å². The molecule has 2 rings (SSSR count). The molecule has 0 fully saturated rings. The first-order valence-electron chi connectivity index (χ1n) is 5.87. The second-order valence-corrected chi connectivity index (χ2v) is 4.13. The van der Waals surface area contributed by atoms with E-state index in [4.69, 9.17) is 4.74 Å². The number of Topliss-reactive ketones (excluding diaryl/α,β-unsaturated/α-hetero) is 1. The van der Waals surface area contributed by atoms with Crippen LogP contribution in [0, 0.1) is 6.92 Å². The summed E-state index contributed by atoms with van der Waals surface area (Å²) in [6.45, 7) is 5.04. The molecule has 0 radical (unpaired) electrons. The van der Waals surface area contributed by atoms with Crippen LogP contribution >= 0.6 is 0 Å². The van der Waals surface area contributed by atoms with Crippen LogP contribution in [0.2, 0.25) is 0 Å². The van der Waals surface area contributed by atoms with Gasteiger partial charge in [-0.15, -0.1) is 0 Å². The van der Waals surface area contributed by atoms with E-state index in [2.05, 4.69) is 0 Å². The molecule has 4 nitrogen and oxygen atoms in total. The van der Waals surface area contributed by atoms with Crippen LogP contribution in [0.25, 0.3) is 5.52 Å². The molecule has 0 N–H and O–H groups in total. The second kappa shape index (κ2) is 4.64. The number of carbonyl (C=O) groups excluding carboxylic acids is 2. The van der Waals surface area contributed by atoms with Crippen molar-refractivity contribution in [2.75, 3.05) is 0 Å². The minimum atomic E-state index is -0.339. The normalized spacial score (nSPS) is 10.6. The van der Waals surface area contributed by atoms with Crippen molar-refractivity contribution in [1.82, 2.24) is 4.40 Å². The summed E-state index contributed by atoms with van der Waals surface area (Å²) in [5.41, 5.74) is 2.00. The second-order valence-electron chi connectivity index (χ2n) is 4.13. The number of fused-ring (bicyclic) bond motifs is 1. The summed E-state index contributed by atoms with van der Waals surface area (Å²) < 4.78 is 7.17. The van der Waals surface area contributed by atoms with Crippen molar-refractivity contribution >= 4 is 17.3 Å². The molecule has 0 aliphatic carbocycles. The average Bonchev–Trinajstić information content (AvgIpc) is 2.63. The molecular weight excluding hydrogens is 230 g/mol. The number of esters is 1. The minimum absolute atomic E-state index is 0.102. The van der Waals surface area contributed by atoms with E-state index in [0.717, 1.165) is 11.2 Å². The molecule has 0 atom stereocenters. The highest BCUT2D eigenvalue weighted by Crippen LogP contribution is 2.31. The number of carbonyl (C=O) groups is 2. The molecule has 94 valence electrons. The van der Waals surface area contributed by atoms with Crippen LogP contribution < -0.4 is 4.74 Å². The zero-order valence-corrected chi connectivity index (χ0v) is 10.7. The summed E-state index contributed by atoms with van der Waals surface area (Å²) in [5, 5.41) is 0. The molecule has 0 bridgehead atoms. The standard InChI is InChI=1S/C14H15NO3/c1-4-12(17)18-14-11-7-5-6-8-15(11)9(2)13(14)10(3)16/h5-8H,4H2,1-3H3. The lowest BCUT2D eigenvalue weighted by atomic mass is 10.1. The lowest BCUT2D eigenvalue weighted by Crippen LogP contribution is -2.08. The number of ether oxygens (including phenoxy) is 1. The third-order valence-electron chi connectivity index (χ3n) is 2.90. The molecule has 2 aromatic rings. The maximum atomic E-state index is 11.7. The van der Waals surface area contributed by atoms with Gasteiger partial charge in [0.05, 0.1) is 11.1 Å². The highest BCUT2D eigenvalue weighted by atomic mass is 16.5. The molecule has 2 heterocycles. The number of hydrogen-bond donors (Lipinski definition) is 0. The van der Waals surface area contributed by atoms with Crippen molar-refractivity contribution in [3.8, 4) is 5.75 Å². The summed E-state index contributed by atoms with van der Waals surface area (Å²) in [7, 11) is 0. The number of hydrogen-bond acceptors (Lipinski definition) is 3. The Balaban J connectivity index is 2.71.